The summed E-state index contributed by atoms with van der Waals surface area (Å²) in [7, 11) is 0. The van der Waals surface area contributed by atoms with Gasteiger partial charge in [0.1, 0.15) is 0 Å². The standard InChI is InChI=1S/C12H8ClN3O2/c13-8-4-3-7(9-6(8)2-1-5-15-9)10-11(17)16-12(14)18-10/h1-5,10H,(H2,14,16,17). The molecule has 2 aromatic rings. The second-order valence-corrected chi connectivity index (χ2v) is 4.23. The molecule has 0 fully saturated rings. The van der Waals surface area contributed by atoms with Gasteiger partial charge >= 0.3 is 0 Å². The molecular weight excluding hydrogens is 254 g/mol. The lowest BCUT2D eigenvalue weighted by Crippen LogP contribution is -2.14. The molecule has 2 N–H and O–H groups in total. The SMILES string of the molecule is NC1=NC(=O)C(c2ccc(Cl)c3cccnc23)O1. The molecule has 2 heterocycles. The van der Waals surface area contributed by atoms with Crippen LogP contribution in [-0.4, -0.2) is 16.9 Å². The van der Waals surface area contributed by atoms with Crippen molar-refractivity contribution in [2.75, 3.05) is 0 Å². The van der Waals surface area contributed by atoms with Gasteiger partial charge in [0.05, 0.1) is 5.52 Å². The van der Waals surface area contributed by atoms with Crippen LogP contribution in [-0.2, 0) is 9.53 Å². The molecule has 3 rings (SSSR count). The fourth-order valence-electron chi connectivity index (χ4n) is 1.93. The summed E-state index contributed by atoms with van der Waals surface area (Å²) in [4.78, 5) is 19.4. The summed E-state index contributed by atoms with van der Waals surface area (Å²) in [5.74, 6) is -0.429. The van der Waals surface area contributed by atoms with E-state index < -0.39 is 12.0 Å². The summed E-state index contributed by atoms with van der Waals surface area (Å²) in [6.45, 7) is 0. The Morgan fingerprint density at radius 3 is 2.89 bits per heavy atom. The second kappa shape index (κ2) is 3.96. The number of fused-ring (bicyclic) bond motifs is 1. The van der Waals surface area contributed by atoms with E-state index in [1.165, 1.54) is 0 Å². The van der Waals surface area contributed by atoms with Gasteiger partial charge in [0, 0.05) is 22.2 Å². The predicted molar refractivity (Wildman–Crippen MR) is 67.2 cm³/mol. The number of amides is 1. The molecule has 90 valence electrons. The largest absolute Gasteiger partial charge is 0.447 e. The summed E-state index contributed by atoms with van der Waals surface area (Å²) in [5.41, 5.74) is 6.62. The Hall–Kier alpha value is -2.14. The highest BCUT2D eigenvalue weighted by Gasteiger charge is 2.31. The molecule has 0 bridgehead atoms. The molecule has 0 saturated heterocycles. The molecular formula is C12H8ClN3O2. The fraction of sp³-hybridized carbons (Fsp3) is 0.0833. The summed E-state index contributed by atoms with van der Waals surface area (Å²) >= 11 is 6.08. The van der Waals surface area contributed by atoms with Gasteiger partial charge in [-0.25, -0.2) is 0 Å². The number of halogens is 1. The van der Waals surface area contributed by atoms with Gasteiger partial charge in [0.25, 0.3) is 11.9 Å². The summed E-state index contributed by atoms with van der Waals surface area (Å²) < 4.78 is 5.20. The van der Waals surface area contributed by atoms with Gasteiger partial charge in [-0.1, -0.05) is 17.7 Å². The third-order valence-corrected chi connectivity index (χ3v) is 3.04. The summed E-state index contributed by atoms with van der Waals surface area (Å²) in [5, 5.41) is 1.33. The van der Waals surface area contributed by atoms with Crippen molar-refractivity contribution in [1.82, 2.24) is 4.98 Å². The molecule has 1 atom stereocenters. The molecule has 0 radical (unpaired) electrons. The van der Waals surface area contributed by atoms with Crippen molar-refractivity contribution in [3.8, 4) is 0 Å². The van der Waals surface area contributed by atoms with E-state index in [4.69, 9.17) is 22.1 Å². The lowest BCUT2D eigenvalue weighted by Gasteiger charge is -2.11. The number of benzene rings is 1. The molecule has 0 spiro atoms. The van der Waals surface area contributed by atoms with Crippen LogP contribution in [0, 0.1) is 0 Å². The Bertz CT molecular complexity index is 684. The highest BCUT2D eigenvalue weighted by Crippen LogP contribution is 2.32. The van der Waals surface area contributed by atoms with E-state index in [0.717, 1.165) is 5.39 Å². The molecule has 0 aliphatic carbocycles. The second-order valence-electron chi connectivity index (χ2n) is 3.82. The van der Waals surface area contributed by atoms with Gasteiger partial charge in [0.15, 0.2) is 0 Å². The van der Waals surface area contributed by atoms with Crippen molar-refractivity contribution >= 4 is 34.4 Å². The minimum atomic E-state index is -0.834. The van der Waals surface area contributed by atoms with Gasteiger partial charge in [0.2, 0.25) is 6.10 Å². The van der Waals surface area contributed by atoms with E-state index in [1.807, 2.05) is 6.07 Å². The first-order valence-electron chi connectivity index (χ1n) is 5.24. The van der Waals surface area contributed by atoms with Crippen LogP contribution in [0.25, 0.3) is 10.9 Å². The lowest BCUT2D eigenvalue weighted by atomic mass is 10.0. The van der Waals surface area contributed by atoms with E-state index in [2.05, 4.69) is 9.98 Å². The first-order valence-corrected chi connectivity index (χ1v) is 5.62. The van der Waals surface area contributed by atoms with Crippen LogP contribution in [0.1, 0.15) is 11.7 Å². The van der Waals surface area contributed by atoms with Crippen LogP contribution in [0.3, 0.4) is 0 Å². The average Bonchev–Trinajstić information content (AvgIpc) is 2.69. The highest BCUT2D eigenvalue weighted by atomic mass is 35.5. The van der Waals surface area contributed by atoms with E-state index in [9.17, 15) is 4.79 Å². The Morgan fingerprint density at radius 1 is 1.33 bits per heavy atom. The molecule has 6 heteroatoms. The van der Waals surface area contributed by atoms with E-state index in [-0.39, 0.29) is 6.02 Å². The molecule has 1 aliphatic rings. The van der Waals surface area contributed by atoms with Crippen molar-refractivity contribution in [3.63, 3.8) is 0 Å². The Balaban J connectivity index is 2.19. The van der Waals surface area contributed by atoms with Crippen molar-refractivity contribution < 1.29 is 9.53 Å². The summed E-state index contributed by atoms with van der Waals surface area (Å²) in [6, 6.07) is 6.89. The number of pyridine rings is 1. The normalized spacial score (nSPS) is 18.8. The maximum Gasteiger partial charge on any atom is 0.296 e. The van der Waals surface area contributed by atoms with Crippen LogP contribution in [0.2, 0.25) is 5.02 Å². The van der Waals surface area contributed by atoms with Gasteiger partial charge < -0.3 is 10.5 Å². The van der Waals surface area contributed by atoms with Crippen LogP contribution in [0.5, 0.6) is 0 Å². The zero-order valence-corrected chi connectivity index (χ0v) is 9.89. The minimum absolute atomic E-state index is 0.121. The number of rotatable bonds is 1. The van der Waals surface area contributed by atoms with Crippen molar-refractivity contribution in [2.45, 2.75) is 6.10 Å². The molecule has 1 unspecified atom stereocenters. The maximum atomic E-state index is 11.7. The molecule has 5 nitrogen and oxygen atoms in total. The highest BCUT2D eigenvalue weighted by molar-refractivity contribution is 6.35. The average molecular weight is 262 g/mol. The smallest absolute Gasteiger partial charge is 0.296 e. The Kier molecular flexibility index (Phi) is 2.41. The van der Waals surface area contributed by atoms with Crippen molar-refractivity contribution in [1.29, 1.82) is 0 Å². The van der Waals surface area contributed by atoms with Crippen LogP contribution >= 0.6 is 11.6 Å². The summed E-state index contributed by atoms with van der Waals surface area (Å²) in [6.07, 6.45) is 0.797. The zero-order valence-electron chi connectivity index (χ0n) is 9.13. The van der Waals surface area contributed by atoms with Gasteiger partial charge in [-0.2, -0.15) is 4.99 Å². The van der Waals surface area contributed by atoms with Crippen LogP contribution in [0.15, 0.2) is 35.5 Å². The van der Waals surface area contributed by atoms with Crippen LogP contribution in [0.4, 0.5) is 0 Å². The number of aromatic nitrogens is 1. The van der Waals surface area contributed by atoms with Crippen molar-refractivity contribution in [2.24, 2.45) is 10.7 Å². The molecule has 18 heavy (non-hydrogen) atoms. The topological polar surface area (TPSA) is 77.6 Å². The number of aliphatic imine (C=N–C) groups is 1. The number of ether oxygens (including phenoxy) is 1. The number of amidine groups is 1. The Labute approximate surface area is 107 Å². The molecule has 1 aromatic carbocycles. The number of hydrogen-bond donors (Lipinski definition) is 1. The van der Waals surface area contributed by atoms with Gasteiger partial charge in [-0.3, -0.25) is 9.78 Å². The molecule has 1 aliphatic heterocycles. The quantitative estimate of drug-likeness (QED) is 0.849. The Morgan fingerprint density at radius 2 is 2.17 bits per heavy atom. The fourth-order valence-corrected chi connectivity index (χ4v) is 2.15. The molecule has 0 saturated carbocycles. The van der Waals surface area contributed by atoms with Crippen LogP contribution < -0.4 is 5.73 Å². The number of carbonyl (C=O) groups excluding carboxylic acids is 1. The van der Waals surface area contributed by atoms with E-state index in [1.54, 1.807) is 24.4 Å². The third kappa shape index (κ3) is 1.60. The number of nitrogens with zero attached hydrogens (tertiary/aromatic N) is 2. The van der Waals surface area contributed by atoms with Gasteiger partial charge in [-0.15, -0.1) is 0 Å². The van der Waals surface area contributed by atoms with Gasteiger partial charge in [-0.05, 0) is 18.2 Å². The number of hydrogen-bond acceptors (Lipinski definition) is 4. The van der Waals surface area contributed by atoms with Crippen molar-refractivity contribution in [3.05, 3.63) is 41.0 Å². The predicted octanol–water partition coefficient (Wildman–Crippen LogP) is 1.80. The minimum Gasteiger partial charge on any atom is -0.447 e. The lowest BCUT2D eigenvalue weighted by molar-refractivity contribution is -0.122. The van der Waals surface area contributed by atoms with E-state index in [0.29, 0.717) is 16.1 Å². The third-order valence-electron chi connectivity index (χ3n) is 2.71. The number of carbonyl (C=O) groups is 1. The first kappa shape index (κ1) is 11.0. The maximum absolute atomic E-state index is 11.7. The van der Waals surface area contributed by atoms with E-state index >= 15 is 0 Å². The molecule has 1 amide bonds. The zero-order chi connectivity index (χ0) is 12.7. The monoisotopic (exact) mass is 261 g/mol. The molecule has 1 aromatic heterocycles. The first-order chi connectivity index (χ1) is 8.66. The number of nitrogens with two attached hydrogens (primary N) is 1.